The third-order valence-electron chi connectivity index (χ3n) is 2.53. The number of amides is 2. The van der Waals surface area contributed by atoms with Gasteiger partial charge in [0.25, 0.3) is 0 Å². The van der Waals surface area contributed by atoms with Gasteiger partial charge in [-0.15, -0.1) is 0 Å². The molecule has 0 fully saturated rings. The van der Waals surface area contributed by atoms with E-state index in [-0.39, 0.29) is 24.9 Å². The van der Waals surface area contributed by atoms with Gasteiger partial charge in [0.1, 0.15) is 0 Å². The Balaban J connectivity index is 2.30. The second kappa shape index (κ2) is 7.39. The maximum absolute atomic E-state index is 11.6. The highest BCUT2D eigenvalue weighted by Crippen LogP contribution is 1.98. The van der Waals surface area contributed by atoms with Gasteiger partial charge in [-0.25, -0.2) is 0 Å². The molecule has 1 rings (SSSR count). The van der Waals surface area contributed by atoms with Gasteiger partial charge in [0.15, 0.2) is 0 Å². The average molecular weight is 250 g/mol. The summed E-state index contributed by atoms with van der Waals surface area (Å²) in [5, 5.41) is 2.45. The van der Waals surface area contributed by atoms with Crippen molar-refractivity contribution in [2.45, 2.75) is 6.42 Å². The summed E-state index contributed by atoms with van der Waals surface area (Å²) in [6.45, 7) is 0.484. The lowest BCUT2D eigenvalue weighted by molar-refractivity contribution is -0.131. The maximum atomic E-state index is 11.6. The SMILES string of the molecule is CN(CCc1ccncc1)C(=O)CNC(=O)CN. The van der Waals surface area contributed by atoms with E-state index >= 15 is 0 Å². The van der Waals surface area contributed by atoms with Crippen LogP contribution in [-0.2, 0) is 16.0 Å². The van der Waals surface area contributed by atoms with Crippen LogP contribution in [0.25, 0.3) is 0 Å². The highest BCUT2D eigenvalue weighted by atomic mass is 16.2. The molecule has 0 aliphatic heterocycles. The van der Waals surface area contributed by atoms with E-state index in [1.165, 1.54) is 0 Å². The number of carbonyl (C=O) groups is 2. The zero-order valence-electron chi connectivity index (χ0n) is 10.4. The number of likely N-dealkylation sites (N-methyl/N-ethyl adjacent to an activating group) is 1. The molecule has 0 aliphatic carbocycles. The van der Waals surface area contributed by atoms with Crippen LogP contribution in [0.15, 0.2) is 24.5 Å². The van der Waals surface area contributed by atoms with E-state index in [0.717, 1.165) is 12.0 Å². The van der Waals surface area contributed by atoms with Crippen LogP contribution in [0.1, 0.15) is 5.56 Å². The Morgan fingerprint density at radius 3 is 2.67 bits per heavy atom. The van der Waals surface area contributed by atoms with Gasteiger partial charge in [-0.3, -0.25) is 14.6 Å². The fraction of sp³-hybridized carbons (Fsp3) is 0.417. The van der Waals surface area contributed by atoms with Crippen LogP contribution in [0.3, 0.4) is 0 Å². The second-order valence-corrected chi connectivity index (χ2v) is 3.90. The van der Waals surface area contributed by atoms with E-state index in [1.807, 2.05) is 12.1 Å². The van der Waals surface area contributed by atoms with Crippen molar-refractivity contribution in [3.63, 3.8) is 0 Å². The smallest absolute Gasteiger partial charge is 0.241 e. The Labute approximate surface area is 106 Å². The molecule has 98 valence electrons. The third kappa shape index (κ3) is 4.92. The van der Waals surface area contributed by atoms with Gasteiger partial charge >= 0.3 is 0 Å². The van der Waals surface area contributed by atoms with E-state index in [2.05, 4.69) is 10.3 Å². The Kier molecular flexibility index (Phi) is 5.79. The molecule has 0 radical (unpaired) electrons. The Bertz CT molecular complexity index is 394. The summed E-state index contributed by atoms with van der Waals surface area (Å²) in [7, 11) is 1.71. The molecule has 0 aromatic carbocycles. The number of nitrogens with two attached hydrogens (primary N) is 1. The summed E-state index contributed by atoms with van der Waals surface area (Å²) in [5.74, 6) is -0.461. The minimum Gasteiger partial charge on any atom is -0.346 e. The first-order valence-corrected chi connectivity index (χ1v) is 5.73. The molecule has 6 nitrogen and oxygen atoms in total. The molecular formula is C12H18N4O2. The van der Waals surface area contributed by atoms with Crippen LogP contribution in [0.5, 0.6) is 0 Å². The van der Waals surface area contributed by atoms with Gasteiger partial charge in [0.05, 0.1) is 13.1 Å². The van der Waals surface area contributed by atoms with E-state index in [0.29, 0.717) is 6.54 Å². The molecular weight excluding hydrogens is 232 g/mol. The average Bonchev–Trinajstić information content (AvgIpc) is 2.42. The zero-order valence-corrected chi connectivity index (χ0v) is 10.4. The first-order valence-electron chi connectivity index (χ1n) is 5.73. The monoisotopic (exact) mass is 250 g/mol. The number of rotatable bonds is 6. The van der Waals surface area contributed by atoms with Gasteiger partial charge in [-0.2, -0.15) is 0 Å². The first kappa shape index (κ1) is 14.1. The number of hydrogen-bond acceptors (Lipinski definition) is 4. The van der Waals surface area contributed by atoms with E-state index in [4.69, 9.17) is 5.73 Å². The molecule has 2 amide bonds. The van der Waals surface area contributed by atoms with Crippen molar-refractivity contribution in [1.82, 2.24) is 15.2 Å². The number of nitrogens with zero attached hydrogens (tertiary/aromatic N) is 2. The zero-order chi connectivity index (χ0) is 13.4. The van der Waals surface area contributed by atoms with Crippen LogP contribution < -0.4 is 11.1 Å². The van der Waals surface area contributed by atoms with Crippen molar-refractivity contribution in [3.05, 3.63) is 30.1 Å². The summed E-state index contributed by atoms with van der Waals surface area (Å²) in [6.07, 6.45) is 4.20. The van der Waals surface area contributed by atoms with Crippen molar-refractivity contribution in [2.24, 2.45) is 5.73 Å². The molecule has 0 aliphatic rings. The third-order valence-corrected chi connectivity index (χ3v) is 2.53. The van der Waals surface area contributed by atoms with Gasteiger partial charge in [-0.1, -0.05) is 0 Å². The number of pyridine rings is 1. The second-order valence-electron chi connectivity index (χ2n) is 3.90. The first-order chi connectivity index (χ1) is 8.63. The van der Waals surface area contributed by atoms with Crippen LogP contribution in [0, 0.1) is 0 Å². The predicted octanol–water partition coefficient (Wildman–Crippen LogP) is -0.843. The van der Waals surface area contributed by atoms with Crippen molar-refractivity contribution in [1.29, 1.82) is 0 Å². The normalized spacial score (nSPS) is 9.89. The van der Waals surface area contributed by atoms with Gasteiger partial charge in [0, 0.05) is 26.0 Å². The molecule has 0 atom stereocenters. The van der Waals surface area contributed by atoms with Gasteiger partial charge in [-0.05, 0) is 24.1 Å². The molecule has 6 heteroatoms. The lowest BCUT2D eigenvalue weighted by Crippen LogP contribution is -2.40. The van der Waals surface area contributed by atoms with Crippen LogP contribution in [0.4, 0.5) is 0 Å². The Hall–Kier alpha value is -1.95. The topological polar surface area (TPSA) is 88.3 Å². The predicted molar refractivity (Wildman–Crippen MR) is 67.6 cm³/mol. The molecule has 0 unspecified atom stereocenters. The molecule has 1 aromatic heterocycles. The Morgan fingerprint density at radius 1 is 1.39 bits per heavy atom. The van der Waals surface area contributed by atoms with E-state index in [9.17, 15) is 9.59 Å². The number of hydrogen-bond donors (Lipinski definition) is 2. The van der Waals surface area contributed by atoms with Crippen molar-refractivity contribution in [3.8, 4) is 0 Å². The Morgan fingerprint density at radius 2 is 2.06 bits per heavy atom. The fourth-order valence-electron chi connectivity index (χ4n) is 1.35. The lowest BCUT2D eigenvalue weighted by atomic mass is 10.2. The van der Waals surface area contributed by atoms with Crippen molar-refractivity contribution in [2.75, 3.05) is 26.7 Å². The van der Waals surface area contributed by atoms with Crippen LogP contribution in [0.2, 0.25) is 0 Å². The van der Waals surface area contributed by atoms with E-state index < -0.39 is 0 Å². The minimum absolute atomic E-state index is 0.0110. The minimum atomic E-state index is -0.328. The van der Waals surface area contributed by atoms with Crippen LogP contribution >= 0.6 is 0 Å². The fourth-order valence-corrected chi connectivity index (χ4v) is 1.35. The van der Waals surface area contributed by atoms with Crippen molar-refractivity contribution < 1.29 is 9.59 Å². The molecule has 0 spiro atoms. The molecule has 3 N–H and O–H groups in total. The number of nitrogens with one attached hydrogen (secondary N) is 1. The van der Waals surface area contributed by atoms with Crippen LogP contribution in [-0.4, -0.2) is 48.4 Å². The molecule has 0 bridgehead atoms. The van der Waals surface area contributed by atoms with Gasteiger partial charge in [0.2, 0.25) is 11.8 Å². The quantitative estimate of drug-likeness (QED) is 0.689. The molecule has 1 aromatic rings. The summed E-state index contributed by atoms with van der Waals surface area (Å²) in [6, 6.07) is 3.82. The highest BCUT2D eigenvalue weighted by molar-refractivity contribution is 5.85. The highest BCUT2D eigenvalue weighted by Gasteiger charge is 2.09. The molecule has 18 heavy (non-hydrogen) atoms. The summed E-state index contributed by atoms with van der Waals surface area (Å²) >= 11 is 0. The van der Waals surface area contributed by atoms with Gasteiger partial charge < -0.3 is 16.0 Å². The summed E-state index contributed by atoms with van der Waals surface area (Å²) < 4.78 is 0. The summed E-state index contributed by atoms with van der Waals surface area (Å²) in [4.78, 5) is 28.1. The van der Waals surface area contributed by atoms with E-state index in [1.54, 1.807) is 24.3 Å². The molecule has 1 heterocycles. The van der Waals surface area contributed by atoms with Crippen molar-refractivity contribution >= 4 is 11.8 Å². The largest absolute Gasteiger partial charge is 0.346 e. The number of aromatic nitrogens is 1. The molecule has 0 saturated carbocycles. The molecule has 0 saturated heterocycles. The number of carbonyl (C=O) groups excluding carboxylic acids is 2. The lowest BCUT2D eigenvalue weighted by Gasteiger charge is -2.17. The summed E-state index contributed by atoms with van der Waals surface area (Å²) in [5.41, 5.74) is 6.25. The maximum Gasteiger partial charge on any atom is 0.241 e. The standard InChI is InChI=1S/C12H18N4O2/c1-16(12(18)9-15-11(17)8-13)7-4-10-2-5-14-6-3-10/h2-3,5-6H,4,7-9,13H2,1H3,(H,15,17).